The zero-order valence-electron chi connectivity index (χ0n) is 11.4. The van der Waals surface area contributed by atoms with Crippen LogP contribution in [0.25, 0.3) is 0 Å². The lowest BCUT2D eigenvalue weighted by Crippen LogP contribution is -2.58. The Morgan fingerprint density at radius 1 is 0.938 bits per heavy atom. The van der Waals surface area contributed by atoms with E-state index in [9.17, 15) is 0 Å². The fourth-order valence-corrected chi connectivity index (χ4v) is 3.78. The highest BCUT2D eigenvalue weighted by Crippen LogP contribution is 2.31. The van der Waals surface area contributed by atoms with Crippen molar-refractivity contribution in [2.75, 3.05) is 19.6 Å². The Morgan fingerprint density at radius 2 is 1.56 bits per heavy atom. The summed E-state index contributed by atoms with van der Waals surface area (Å²) in [6.07, 6.45) is 2.82. The van der Waals surface area contributed by atoms with E-state index in [1.54, 1.807) is 0 Å². The highest BCUT2D eigenvalue weighted by molar-refractivity contribution is 4.92. The normalized spacial score (nSPS) is 46.9. The second-order valence-corrected chi connectivity index (χ2v) is 6.20. The molecule has 0 aliphatic carbocycles. The molecule has 4 unspecified atom stereocenters. The largest absolute Gasteiger partial charge is 0.316 e. The fraction of sp³-hybridized carbons (Fsp3) is 1.00. The van der Waals surface area contributed by atoms with E-state index in [0.29, 0.717) is 0 Å². The Labute approximate surface area is 101 Å². The van der Waals surface area contributed by atoms with E-state index in [1.165, 1.54) is 32.5 Å². The van der Waals surface area contributed by atoms with Crippen LogP contribution in [-0.2, 0) is 0 Å². The molecule has 4 atom stereocenters. The molecule has 2 nitrogen and oxygen atoms in total. The summed E-state index contributed by atoms with van der Waals surface area (Å²) in [5, 5.41) is 3.55. The van der Waals surface area contributed by atoms with Gasteiger partial charge in [0.05, 0.1) is 0 Å². The van der Waals surface area contributed by atoms with E-state index in [-0.39, 0.29) is 0 Å². The third kappa shape index (κ3) is 2.28. The highest BCUT2D eigenvalue weighted by Gasteiger charge is 2.37. The molecule has 0 saturated carbocycles. The first-order valence-electron chi connectivity index (χ1n) is 7.07. The summed E-state index contributed by atoms with van der Waals surface area (Å²) in [4.78, 5) is 2.81. The molecule has 2 aliphatic heterocycles. The van der Waals surface area contributed by atoms with E-state index >= 15 is 0 Å². The van der Waals surface area contributed by atoms with Crippen LogP contribution in [0.5, 0.6) is 0 Å². The van der Waals surface area contributed by atoms with Gasteiger partial charge in [-0.25, -0.2) is 0 Å². The molecule has 0 bridgehead atoms. The number of rotatable bonds is 1. The molecule has 2 rings (SSSR count). The molecule has 0 aromatic rings. The van der Waals surface area contributed by atoms with Crippen molar-refractivity contribution < 1.29 is 0 Å². The molecule has 2 heteroatoms. The van der Waals surface area contributed by atoms with Gasteiger partial charge in [-0.2, -0.15) is 0 Å². The summed E-state index contributed by atoms with van der Waals surface area (Å²) in [6, 6.07) is 1.58. The van der Waals surface area contributed by atoms with Gasteiger partial charge < -0.3 is 5.32 Å². The number of hydrogen-bond acceptors (Lipinski definition) is 2. The van der Waals surface area contributed by atoms with E-state index in [0.717, 1.165) is 29.8 Å². The van der Waals surface area contributed by atoms with Crippen LogP contribution in [0, 0.1) is 17.8 Å². The molecule has 2 fully saturated rings. The lowest BCUT2D eigenvalue weighted by atomic mass is 9.81. The first-order chi connectivity index (χ1) is 7.61. The number of hydrogen-bond donors (Lipinski definition) is 1. The molecule has 94 valence electrons. The molecule has 0 amide bonds. The van der Waals surface area contributed by atoms with E-state index in [1.807, 2.05) is 0 Å². The topological polar surface area (TPSA) is 15.3 Å². The van der Waals surface area contributed by atoms with Crippen LogP contribution >= 0.6 is 0 Å². The standard InChI is InChI=1S/C14H28N2/c1-10-6-5-7-16(13(10)4)14-11(2)8-15-9-12(14)3/h10-15H,5-9H2,1-4H3. The Balaban J connectivity index is 2.08. The van der Waals surface area contributed by atoms with Gasteiger partial charge in [0.15, 0.2) is 0 Å². The predicted octanol–water partition coefficient (Wildman–Crippen LogP) is 2.35. The summed E-state index contributed by atoms with van der Waals surface area (Å²) in [7, 11) is 0. The molecule has 2 saturated heterocycles. The van der Waals surface area contributed by atoms with Crippen LogP contribution in [0.4, 0.5) is 0 Å². The van der Waals surface area contributed by atoms with Gasteiger partial charge in [0.1, 0.15) is 0 Å². The van der Waals surface area contributed by atoms with Crippen LogP contribution in [0.3, 0.4) is 0 Å². The molecule has 16 heavy (non-hydrogen) atoms. The molecular weight excluding hydrogens is 196 g/mol. The van der Waals surface area contributed by atoms with Gasteiger partial charge in [-0.3, -0.25) is 4.90 Å². The molecule has 0 radical (unpaired) electrons. The minimum atomic E-state index is 0.779. The minimum Gasteiger partial charge on any atom is -0.316 e. The van der Waals surface area contributed by atoms with Crippen LogP contribution in [0.15, 0.2) is 0 Å². The van der Waals surface area contributed by atoms with Crippen molar-refractivity contribution in [2.24, 2.45) is 17.8 Å². The van der Waals surface area contributed by atoms with E-state index < -0.39 is 0 Å². The van der Waals surface area contributed by atoms with Gasteiger partial charge in [-0.1, -0.05) is 20.8 Å². The number of piperidine rings is 2. The number of nitrogens with one attached hydrogen (secondary N) is 1. The van der Waals surface area contributed by atoms with Gasteiger partial charge in [0.25, 0.3) is 0 Å². The van der Waals surface area contributed by atoms with Crippen molar-refractivity contribution in [1.29, 1.82) is 0 Å². The maximum Gasteiger partial charge on any atom is 0.0174 e. The van der Waals surface area contributed by atoms with Gasteiger partial charge in [0, 0.05) is 12.1 Å². The van der Waals surface area contributed by atoms with Gasteiger partial charge in [-0.05, 0) is 57.2 Å². The fourth-order valence-electron chi connectivity index (χ4n) is 3.78. The maximum atomic E-state index is 3.55. The minimum absolute atomic E-state index is 0.779. The lowest BCUT2D eigenvalue weighted by Gasteiger charge is -2.49. The van der Waals surface area contributed by atoms with Crippen molar-refractivity contribution in [3.8, 4) is 0 Å². The average Bonchev–Trinajstić information content (AvgIpc) is 2.24. The highest BCUT2D eigenvalue weighted by atomic mass is 15.2. The van der Waals surface area contributed by atoms with Crippen LogP contribution in [0.2, 0.25) is 0 Å². The first-order valence-corrected chi connectivity index (χ1v) is 7.07. The molecule has 2 heterocycles. The summed E-state index contributed by atoms with van der Waals surface area (Å²) in [5.74, 6) is 2.48. The first kappa shape index (κ1) is 12.4. The van der Waals surface area contributed by atoms with Crippen molar-refractivity contribution >= 4 is 0 Å². The smallest absolute Gasteiger partial charge is 0.0174 e. The Bertz CT molecular complexity index is 219. The Morgan fingerprint density at radius 3 is 2.19 bits per heavy atom. The quantitative estimate of drug-likeness (QED) is 0.735. The third-order valence-corrected chi connectivity index (χ3v) is 4.90. The second-order valence-electron chi connectivity index (χ2n) is 6.20. The SMILES string of the molecule is CC1CCCN(C2C(C)CNCC2C)C1C. The van der Waals surface area contributed by atoms with Crippen LogP contribution in [-0.4, -0.2) is 36.6 Å². The van der Waals surface area contributed by atoms with Crippen molar-refractivity contribution in [3.05, 3.63) is 0 Å². The summed E-state index contributed by atoms with van der Waals surface area (Å²) in [6.45, 7) is 13.4. The number of likely N-dealkylation sites (tertiary alicyclic amines) is 1. The second kappa shape index (κ2) is 5.05. The molecule has 2 aliphatic rings. The summed E-state index contributed by atoms with van der Waals surface area (Å²) in [5.41, 5.74) is 0. The van der Waals surface area contributed by atoms with Crippen LogP contribution < -0.4 is 5.32 Å². The zero-order chi connectivity index (χ0) is 11.7. The Kier molecular flexibility index (Phi) is 3.91. The summed E-state index contributed by atoms with van der Waals surface area (Å²) < 4.78 is 0. The lowest BCUT2D eigenvalue weighted by molar-refractivity contribution is 0.00553. The van der Waals surface area contributed by atoms with E-state index in [2.05, 4.69) is 37.9 Å². The van der Waals surface area contributed by atoms with E-state index in [4.69, 9.17) is 0 Å². The molecule has 0 aromatic carbocycles. The van der Waals surface area contributed by atoms with Gasteiger partial charge in [-0.15, -0.1) is 0 Å². The molecule has 0 aromatic heterocycles. The van der Waals surface area contributed by atoms with Crippen molar-refractivity contribution in [2.45, 2.75) is 52.6 Å². The number of nitrogens with zero attached hydrogens (tertiary/aromatic N) is 1. The monoisotopic (exact) mass is 224 g/mol. The van der Waals surface area contributed by atoms with Crippen LogP contribution in [0.1, 0.15) is 40.5 Å². The molecule has 0 spiro atoms. The van der Waals surface area contributed by atoms with Crippen molar-refractivity contribution in [1.82, 2.24) is 10.2 Å². The van der Waals surface area contributed by atoms with Crippen molar-refractivity contribution in [3.63, 3.8) is 0 Å². The van der Waals surface area contributed by atoms with Gasteiger partial charge in [0.2, 0.25) is 0 Å². The third-order valence-electron chi connectivity index (χ3n) is 4.90. The zero-order valence-corrected chi connectivity index (χ0v) is 11.4. The molecular formula is C14H28N2. The summed E-state index contributed by atoms with van der Waals surface area (Å²) >= 11 is 0. The van der Waals surface area contributed by atoms with Gasteiger partial charge >= 0.3 is 0 Å². The average molecular weight is 224 g/mol. The predicted molar refractivity (Wildman–Crippen MR) is 69.6 cm³/mol. The molecule has 1 N–H and O–H groups in total. The maximum absolute atomic E-state index is 3.55. The Hall–Kier alpha value is -0.0800.